The number of carbonyl (C=O) groups excluding carboxylic acids is 1. The third kappa shape index (κ3) is 3.25. The topological polar surface area (TPSA) is 43.8 Å². The van der Waals surface area contributed by atoms with Gasteiger partial charge in [0.2, 0.25) is 5.91 Å². The predicted molar refractivity (Wildman–Crippen MR) is 85.8 cm³/mol. The lowest BCUT2D eigenvalue weighted by atomic mass is 10.0. The van der Waals surface area contributed by atoms with Crippen LogP contribution in [0.2, 0.25) is 0 Å². The maximum Gasteiger partial charge on any atom is 0.241 e. The first-order valence-corrected chi connectivity index (χ1v) is 8.65. The highest BCUT2D eigenvalue weighted by atomic mass is 32.2. The molecule has 5 heteroatoms. The number of para-hydroxylation sites is 1. The summed E-state index contributed by atoms with van der Waals surface area (Å²) in [7, 11) is 0. The van der Waals surface area contributed by atoms with E-state index in [-0.39, 0.29) is 18.6 Å². The van der Waals surface area contributed by atoms with Gasteiger partial charge in [0.15, 0.2) is 0 Å². The van der Waals surface area contributed by atoms with Gasteiger partial charge in [0.05, 0.1) is 18.8 Å². The number of fused-ring (bicyclic) bond motifs is 1. The summed E-state index contributed by atoms with van der Waals surface area (Å²) >= 11 is 1.81. The molecule has 114 valence electrons. The summed E-state index contributed by atoms with van der Waals surface area (Å²) in [5, 5.41) is 9.47. The van der Waals surface area contributed by atoms with E-state index < -0.39 is 0 Å². The third-order valence-electron chi connectivity index (χ3n) is 4.33. The smallest absolute Gasteiger partial charge is 0.241 e. The second-order valence-corrected chi connectivity index (χ2v) is 6.80. The Morgan fingerprint density at radius 2 is 2.14 bits per heavy atom. The van der Waals surface area contributed by atoms with Crippen molar-refractivity contribution in [2.75, 3.05) is 36.9 Å². The van der Waals surface area contributed by atoms with Crippen LogP contribution in [-0.2, 0) is 4.79 Å². The minimum atomic E-state index is 0.150. The molecule has 2 aliphatic rings. The summed E-state index contributed by atoms with van der Waals surface area (Å²) in [5.41, 5.74) is 1.04. The van der Waals surface area contributed by atoms with Gasteiger partial charge >= 0.3 is 0 Å². The predicted octanol–water partition coefficient (Wildman–Crippen LogP) is 1.97. The van der Waals surface area contributed by atoms with Gasteiger partial charge in [-0.25, -0.2) is 0 Å². The van der Waals surface area contributed by atoms with E-state index in [1.807, 2.05) is 34.9 Å². The minimum Gasteiger partial charge on any atom is -0.395 e. The molecule has 0 bridgehead atoms. The first kappa shape index (κ1) is 14.9. The molecule has 1 amide bonds. The van der Waals surface area contributed by atoms with Gasteiger partial charge in [-0.3, -0.25) is 9.69 Å². The van der Waals surface area contributed by atoms with Gasteiger partial charge in [-0.2, -0.15) is 0 Å². The molecule has 0 aliphatic carbocycles. The second-order valence-electron chi connectivity index (χ2n) is 5.66. The molecule has 2 aliphatic heterocycles. The number of rotatable bonds is 3. The quantitative estimate of drug-likeness (QED) is 0.927. The fraction of sp³-hybridized carbons (Fsp3) is 0.562. The Bertz CT molecular complexity index is 509. The number of aliphatic hydroxyl groups excluding tert-OH is 1. The molecule has 0 spiro atoms. The number of hydrogen-bond donors (Lipinski definition) is 1. The van der Waals surface area contributed by atoms with Crippen molar-refractivity contribution in [1.82, 2.24) is 4.90 Å². The first-order valence-electron chi connectivity index (χ1n) is 7.66. The molecule has 1 aromatic carbocycles. The molecular formula is C16H22N2O2S. The number of aliphatic hydroxyl groups is 1. The van der Waals surface area contributed by atoms with E-state index in [0.717, 1.165) is 43.8 Å². The lowest BCUT2D eigenvalue weighted by Gasteiger charge is -2.36. The Kier molecular flexibility index (Phi) is 4.83. The lowest BCUT2D eigenvalue weighted by molar-refractivity contribution is -0.120. The normalized spacial score (nSPS) is 22.9. The van der Waals surface area contributed by atoms with Crippen LogP contribution < -0.4 is 4.90 Å². The number of hydrogen-bond acceptors (Lipinski definition) is 4. The van der Waals surface area contributed by atoms with Crippen LogP contribution >= 0.6 is 11.8 Å². The van der Waals surface area contributed by atoms with E-state index in [2.05, 4.69) is 11.0 Å². The Hall–Kier alpha value is -1.04. The van der Waals surface area contributed by atoms with Crippen LogP contribution in [0.5, 0.6) is 0 Å². The SMILES string of the molecule is O=C(CN1CCCCC1CO)N1CCSc2ccccc21. The Labute approximate surface area is 130 Å². The van der Waals surface area contributed by atoms with Crippen LogP contribution in [0.25, 0.3) is 0 Å². The largest absolute Gasteiger partial charge is 0.395 e. The molecule has 4 nitrogen and oxygen atoms in total. The molecule has 1 saturated heterocycles. The van der Waals surface area contributed by atoms with Gasteiger partial charge in [0.25, 0.3) is 0 Å². The summed E-state index contributed by atoms with van der Waals surface area (Å²) in [6, 6.07) is 8.27. The zero-order chi connectivity index (χ0) is 14.7. The minimum absolute atomic E-state index is 0.150. The van der Waals surface area contributed by atoms with Crippen molar-refractivity contribution in [1.29, 1.82) is 0 Å². The van der Waals surface area contributed by atoms with Gasteiger partial charge in [-0.15, -0.1) is 11.8 Å². The van der Waals surface area contributed by atoms with Crippen LogP contribution in [0.3, 0.4) is 0 Å². The molecule has 1 fully saturated rings. The molecule has 0 aromatic heterocycles. The zero-order valence-corrected chi connectivity index (χ0v) is 13.0. The highest BCUT2D eigenvalue weighted by Gasteiger charge is 2.28. The standard InChI is InChI=1S/C16H22N2O2S/c19-12-13-5-3-4-8-17(13)11-16(20)18-9-10-21-15-7-2-1-6-14(15)18/h1-2,6-7,13,19H,3-5,8-12H2. The van der Waals surface area contributed by atoms with Crippen LogP contribution in [0.1, 0.15) is 19.3 Å². The van der Waals surface area contributed by atoms with Crippen LogP contribution in [0, 0.1) is 0 Å². The van der Waals surface area contributed by atoms with Gasteiger partial charge < -0.3 is 10.0 Å². The van der Waals surface area contributed by atoms with Gasteiger partial charge in [0, 0.05) is 23.2 Å². The molecule has 1 aromatic rings. The van der Waals surface area contributed by atoms with E-state index in [1.165, 1.54) is 4.90 Å². The van der Waals surface area contributed by atoms with Crippen molar-refractivity contribution in [2.45, 2.75) is 30.2 Å². The summed E-state index contributed by atoms with van der Waals surface area (Å²) < 4.78 is 0. The van der Waals surface area contributed by atoms with Crippen molar-refractivity contribution in [3.63, 3.8) is 0 Å². The number of thioether (sulfide) groups is 1. The average molecular weight is 306 g/mol. The lowest BCUT2D eigenvalue weighted by Crippen LogP contribution is -2.49. The molecule has 0 radical (unpaired) electrons. The maximum absolute atomic E-state index is 12.7. The van der Waals surface area contributed by atoms with E-state index in [9.17, 15) is 9.90 Å². The van der Waals surface area contributed by atoms with Crippen molar-refractivity contribution in [3.05, 3.63) is 24.3 Å². The molecule has 2 heterocycles. The molecule has 1 N–H and O–H groups in total. The number of piperidine rings is 1. The monoisotopic (exact) mass is 306 g/mol. The number of benzene rings is 1. The number of amides is 1. The van der Waals surface area contributed by atoms with Crippen molar-refractivity contribution in [2.24, 2.45) is 0 Å². The number of nitrogens with zero attached hydrogens (tertiary/aromatic N) is 2. The van der Waals surface area contributed by atoms with Gasteiger partial charge in [-0.05, 0) is 31.5 Å². The van der Waals surface area contributed by atoms with Crippen LogP contribution in [0.4, 0.5) is 5.69 Å². The van der Waals surface area contributed by atoms with Crippen molar-refractivity contribution < 1.29 is 9.90 Å². The highest BCUT2D eigenvalue weighted by molar-refractivity contribution is 7.99. The molecule has 0 saturated carbocycles. The summed E-state index contributed by atoms with van der Waals surface area (Å²) in [6.45, 7) is 2.27. The maximum atomic E-state index is 12.7. The molecular weight excluding hydrogens is 284 g/mol. The van der Waals surface area contributed by atoms with E-state index in [4.69, 9.17) is 0 Å². The fourth-order valence-corrected chi connectivity index (χ4v) is 4.16. The zero-order valence-electron chi connectivity index (χ0n) is 12.2. The van der Waals surface area contributed by atoms with Crippen molar-refractivity contribution in [3.8, 4) is 0 Å². The summed E-state index contributed by atoms with van der Waals surface area (Å²) in [6.07, 6.45) is 3.27. The summed E-state index contributed by atoms with van der Waals surface area (Å²) in [4.78, 5) is 17.9. The fourth-order valence-electron chi connectivity index (χ4n) is 3.16. The van der Waals surface area contributed by atoms with Gasteiger partial charge in [-0.1, -0.05) is 18.6 Å². The number of likely N-dealkylation sites (tertiary alicyclic amines) is 1. The van der Waals surface area contributed by atoms with E-state index in [0.29, 0.717) is 6.54 Å². The van der Waals surface area contributed by atoms with Gasteiger partial charge in [0.1, 0.15) is 0 Å². The third-order valence-corrected chi connectivity index (χ3v) is 5.37. The Balaban J connectivity index is 1.71. The van der Waals surface area contributed by atoms with Crippen LogP contribution in [-0.4, -0.2) is 53.9 Å². The van der Waals surface area contributed by atoms with E-state index in [1.54, 1.807) is 0 Å². The Morgan fingerprint density at radius 1 is 1.29 bits per heavy atom. The molecule has 3 rings (SSSR count). The van der Waals surface area contributed by atoms with Crippen LogP contribution in [0.15, 0.2) is 29.2 Å². The molecule has 1 unspecified atom stereocenters. The van der Waals surface area contributed by atoms with Crippen molar-refractivity contribution >= 4 is 23.4 Å². The van der Waals surface area contributed by atoms with E-state index >= 15 is 0 Å². The molecule has 21 heavy (non-hydrogen) atoms. The second kappa shape index (κ2) is 6.81. The first-order chi connectivity index (χ1) is 10.3. The number of anilines is 1. The number of carbonyl (C=O) groups is 1. The highest BCUT2D eigenvalue weighted by Crippen LogP contribution is 2.34. The Morgan fingerprint density at radius 3 is 3.00 bits per heavy atom. The summed E-state index contributed by atoms with van der Waals surface area (Å²) in [5.74, 6) is 1.11. The average Bonchev–Trinajstić information content (AvgIpc) is 2.54. The molecule has 1 atom stereocenters.